The molecule has 0 fully saturated rings. The SMILES string of the molecule is NS(=O)(=O)c1cccc(NC(=O)COC(=O)c2cn(Cc3ccccc3)nc2-c2cccs2)c1. The zero-order valence-electron chi connectivity index (χ0n) is 17.7. The molecule has 11 heteroatoms. The van der Waals surface area contributed by atoms with Crippen LogP contribution in [0.4, 0.5) is 5.69 Å². The lowest BCUT2D eigenvalue weighted by atomic mass is 10.2. The van der Waals surface area contributed by atoms with Crippen molar-refractivity contribution < 1.29 is 22.7 Å². The van der Waals surface area contributed by atoms with E-state index in [1.165, 1.54) is 35.6 Å². The molecule has 2 aromatic heterocycles. The summed E-state index contributed by atoms with van der Waals surface area (Å²) in [6.07, 6.45) is 1.60. The van der Waals surface area contributed by atoms with Gasteiger partial charge in [-0.05, 0) is 35.2 Å². The number of hydrogen-bond acceptors (Lipinski definition) is 7. The fraction of sp³-hybridized carbons (Fsp3) is 0.0870. The lowest BCUT2D eigenvalue weighted by Crippen LogP contribution is -2.21. The Hall–Kier alpha value is -3.80. The first-order valence-corrected chi connectivity index (χ1v) is 12.5. The molecule has 0 saturated heterocycles. The van der Waals surface area contributed by atoms with E-state index in [0.717, 1.165) is 10.4 Å². The quantitative estimate of drug-likeness (QED) is 0.360. The molecule has 0 aliphatic rings. The van der Waals surface area contributed by atoms with Crippen LogP contribution in [-0.2, 0) is 26.1 Å². The van der Waals surface area contributed by atoms with E-state index in [2.05, 4.69) is 10.4 Å². The Morgan fingerprint density at radius 2 is 1.85 bits per heavy atom. The van der Waals surface area contributed by atoms with E-state index < -0.39 is 28.5 Å². The van der Waals surface area contributed by atoms with Gasteiger partial charge < -0.3 is 10.1 Å². The number of carbonyl (C=O) groups excluding carboxylic acids is 2. The van der Waals surface area contributed by atoms with Gasteiger partial charge in [-0.25, -0.2) is 18.4 Å². The number of rotatable bonds is 8. The summed E-state index contributed by atoms with van der Waals surface area (Å²) in [6.45, 7) is -0.0977. The molecule has 0 spiro atoms. The second-order valence-electron chi connectivity index (χ2n) is 7.25. The van der Waals surface area contributed by atoms with Gasteiger partial charge in [0.2, 0.25) is 10.0 Å². The molecule has 174 valence electrons. The van der Waals surface area contributed by atoms with Crippen LogP contribution in [0.2, 0.25) is 0 Å². The molecule has 0 saturated carbocycles. The van der Waals surface area contributed by atoms with Gasteiger partial charge in [0.1, 0.15) is 11.3 Å². The topological polar surface area (TPSA) is 133 Å². The molecule has 0 atom stereocenters. The van der Waals surface area contributed by atoms with Gasteiger partial charge in [0.05, 0.1) is 16.3 Å². The Kier molecular flexibility index (Phi) is 6.87. The summed E-state index contributed by atoms with van der Waals surface area (Å²) in [6, 6.07) is 18.9. The molecule has 0 unspecified atom stereocenters. The van der Waals surface area contributed by atoms with E-state index in [1.54, 1.807) is 10.9 Å². The zero-order chi connectivity index (χ0) is 24.1. The summed E-state index contributed by atoms with van der Waals surface area (Å²) in [5.74, 6) is -1.33. The monoisotopic (exact) mass is 496 g/mol. The van der Waals surface area contributed by atoms with E-state index in [0.29, 0.717) is 12.2 Å². The Balaban J connectivity index is 1.46. The molecule has 1 amide bonds. The highest BCUT2D eigenvalue weighted by Gasteiger charge is 2.21. The first kappa shape index (κ1) is 23.4. The highest BCUT2D eigenvalue weighted by Crippen LogP contribution is 2.27. The largest absolute Gasteiger partial charge is 0.452 e. The minimum Gasteiger partial charge on any atom is -0.452 e. The maximum atomic E-state index is 12.8. The minimum atomic E-state index is -3.91. The zero-order valence-corrected chi connectivity index (χ0v) is 19.4. The first-order valence-electron chi connectivity index (χ1n) is 10.0. The summed E-state index contributed by atoms with van der Waals surface area (Å²) in [5.41, 5.74) is 1.94. The number of benzene rings is 2. The van der Waals surface area contributed by atoms with Gasteiger partial charge >= 0.3 is 5.97 Å². The van der Waals surface area contributed by atoms with Crippen LogP contribution in [0, 0.1) is 0 Å². The van der Waals surface area contributed by atoms with Crippen molar-refractivity contribution in [1.29, 1.82) is 0 Å². The highest BCUT2D eigenvalue weighted by atomic mass is 32.2. The van der Waals surface area contributed by atoms with Crippen molar-refractivity contribution in [2.24, 2.45) is 5.14 Å². The van der Waals surface area contributed by atoms with Gasteiger partial charge in [-0.2, -0.15) is 5.10 Å². The molecule has 2 heterocycles. The number of amides is 1. The van der Waals surface area contributed by atoms with Gasteiger partial charge in [0.25, 0.3) is 5.91 Å². The van der Waals surface area contributed by atoms with Crippen LogP contribution in [0.25, 0.3) is 10.6 Å². The number of hydrogen-bond donors (Lipinski definition) is 2. The lowest BCUT2D eigenvalue weighted by Gasteiger charge is -2.07. The summed E-state index contributed by atoms with van der Waals surface area (Å²) in [7, 11) is -3.91. The van der Waals surface area contributed by atoms with Crippen LogP contribution in [0.15, 0.2) is 83.2 Å². The third-order valence-corrected chi connectivity index (χ3v) is 6.49. The van der Waals surface area contributed by atoms with Crippen molar-refractivity contribution in [3.05, 3.63) is 89.4 Å². The Morgan fingerprint density at radius 3 is 2.56 bits per heavy atom. The number of esters is 1. The minimum absolute atomic E-state index is 0.145. The number of thiophene rings is 1. The molecule has 0 aliphatic carbocycles. The van der Waals surface area contributed by atoms with Crippen molar-refractivity contribution in [1.82, 2.24) is 9.78 Å². The number of aromatic nitrogens is 2. The van der Waals surface area contributed by atoms with E-state index in [1.807, 2.05) is 47.8 Å². The molecular formula is C23H20N4O5S2. The molecule has 34 heavy (non-hydrogen) atoms. The Morgan fingerprint density at radius 1 is 1.06 bits per heavy atom. The lowest BCUT2D eigenvalue weighted by molar-refractivity contribution is -0.119. The number of nitrogens with one attached hydrogen (secondary N) is 1. The molecule has 0 aliphatic heterocycles. The molecule has 2 aromatic carbocycles. The van der Waals surface area contributed by atoms with Crippen LogP contribution < -0.4 is 10.5 Å². The first-order chi connectivity index (χ1) is 16.3. The molecule has 9 nitrogen and oxygen atoms in total. The number of sulfonamides is 1. The fourth-order valence-corrected chi connectivity index (χ4v) is 4.46. The van der Waals surface area contributed by atoms with Crippen molar-refractivity contribution in [3.8, 4) is 10.6 Å². The van der Waals surface area contributed by atoms with Crippen LogP contribution in [0.1, 0.15) is 15.9 Å². The second kappa shape index (κ2) is 10.00. The average molecular weight is 497 g/mol. The van der Waals surface area contributed by atoms with Crippen molar-refractivity contribution in [2.75, 3.05) is 11.9 Å². The number of primary sulfonamides is 1. The summed E-state index contributed by atoms with van der Waals surface area (Å²) < 4.78 is 29.8. The number of carbonyl (C=O) groups is 2. The van der Waals surface area contributed by atoms with E-state index in [-0.39, 0.29) is 16.1 Å². The van der Waals surface area contributed by atoms with Crippen LogP contribution in [0.5, 0.6) is 0 Å². The van der Waals surface area contributed by atoms with Gasteiger partial charge in [0, 0.05) is 11.9 Å². The van der Waals surface area contributed by atoms with E-state index in [9.17, 15) is 18.0 Å². The fourth-order valence-electron chi connectivity index (χ4n) is 3.17. The normalized spacial score (nSPS) is 11.2. The third-order valence-electron chi connectivity index (χ3n) is 4.70. The summed E-state index contributed by atoms with van der Waals surface area (Å²) in [5, 5.41) is 14.0. The maximum absolute atomic E-state index is 12.8. The standard InChI is InChI=1S/C23H20N4O5S2/c24-34(30,31)18-9-4-8-17(12-18)25-21(28)15-32-23(29)19-14-27(13-16-6-2-1-3-7-16)26-22(19)20-10-5-11-33-20/h1-12,14H,13,15H2,(H,25,28)(H2,24,30,31). The molecule has 3 N–H and O–H groups in total. The number of nitrogens with zero attached hydrogens (tertiary/aromatic N) is 2. The molecule has 0 radical (unpaired) electrons. The molecule has 4 rings (SSSR count). The van der Waals surface area contributed by atoms with E-state index >= 15 is 0 Å². The van der Waals surface area contributed by atoms with Crippen molar-refractivity contribution in [2.45, 2.75) is 11.4 Å². The Bertz CT molecular complexity index is 1410. The number of nitrogens with two attached hydrogens (primary N) is 1. The third kappa shape index (κ3) is 5.76. The second-order valence-corrected chi connectivity index (χ2v) is 9.76. The molecular weight excluding hydrogens is 476 g/mol. The summed E-state index contributed by atoms with van der Waals surface area (Å²) >= 11 is 1.43. The van der Waals surface area contributed by atoms with Crippen LogP contribution >= 0.6 is 11.3 Å². The van der Waals surface area contributed by atoms with E-state index in [4.69, 9.17) is 9.88 Å². The predicted octanol–water partition coefficient (Wildman–Crippen LogP) is 3.10. The van der Waals surface area contributed by atoms with Crippen LogP contribution in [-0.4, -0.2) is 36.7 Å². The maximum Gasteiger partial charge on any atom is 0.342 e. The van der Waals surface area contributed by atoms with Crippen LogP contribution in [0.3, 0.4) is 0 Å². The number of anilines is 1. The number of ether oxygens (including phenoxy) is 1. The highest BCUT2D eigenvalue weighted by molar-refractivity contribution is 7.89. The summed E-state index contributed by atoms with van der Waals surface area (Å²) in [4.78, 5) is 25.8. The van der Waals surface area contributed by atoms with Crippen molar-refractivity contribution in [3.63, 3.8) is 0 Å². The average Bonchev–Trinajstić information content (AvgIpc) is 3.48. The smallest absolute Gasteiger partial charge is 0.342 e. The van der Waals surface area contributed by atoms with Gasteiger partial charge in [-0.15, -0.1) is 11.3 Å². The van der Waals surface area contributed by atoms with Gasteiger partial charge in [-0.3, -0.25) is 9.48 Å². The van der Waals surface area contributed by atoms with Gasteiger partial charge in [-0.1, -0.05) is 42.5 Å². The predicted molar refractivity (Wildman–Crippen MR) is 128 cm³/mol. The van der Waals surface area contributed by atoms with Gasteiger partial charge in [0.15, 0.2) is 6.61 Å². The van der Waals surface area contributed by atoms with Crippen molar-refractivity contribution >= 4 is 38.9 Å². The molecule has 0 bridgehead atoms. The Labute approximate surface area is 199 Å². The molecule has 4 aromatic rings.